The highest BCUT2D eigenvalue weighted by Crippen LogP contribution is 2.43. The lowest BCUT2D eigenvalue weighted by Crippen LogP contribution is -2.52. The minimum Gasteiger partial charge on any atom is -0.379 e. The summed E-state index contributed by atoms with van der Waals surface area (Å²) in [6.45, 7) is 2.12. The molecule has 1 fully saturated rings. The average molecular weight is 486 g/mol. The highest BCUT2D eigenvalue weighted by Gasteiger charge is 2.59. The highest BCUT2D eigenvalue weighted by atomic mass is 19.4. The van der Waals surface area contributed by atoms with E-state index in [1.807, 2.05) is 0 Å². The predicted molar refractivity (Wildman–Crippen MR) is 111 cm³/mol. The maximum Gasteiger partial charge on any atom is 0.414 e. The van der Waals surface area contributed by atoms with E-state index in [0.717, 1.165) is 18.3 Å². The zero-order chi connectivity index (χ0) is 24.8. The highest BCUT2D eigenvalue weighted by molar-refractivity contribution is 5.88. The van der Waals surface area contributed by atoms with E-state index in [9.17, 15) is 31.1 Å². The third-order valence-electron chi connectivity index (χ3n) is 5.95. The minimum absolute atomic E-state index is 0.0295. The van der Waals surface area contributed by atoms with Gasteiger partial charge in [-0.1, -0.05) is 18.2 Å². The zero-order valence-corrected chi connectivity index (χ0v) is 18.1. The van der Waals surface area contributed by atoms with Gasteiger partial charge in [0.15, 0.2) is 5.54 Å². The van der Waals surface area contributed by atoms with E-state index >= 15 is 0 Å². The number of aryl methyl sites for hydroxylation is 1. The summed E-state index contributed by atoms with van der Waals surface area (Å²) in [5.74, 6) is -0.860. The van der Waals surface area contributed by atoms with Crippen LogP contribution in [-0.2, 0) is 10.3 Å². The number of pyridine rings is 1. The average Bonchev–Trinajstić information content (AvgIpc) is 3.24. The molecule has 34 heavy (non-hydrogen) atoms. The van der Waals surface area contributed by atoms with Gasteiger partial charge >= 0.3 is 6.18 Å². The number of aromatic nitrogens is 3. The molecule has 1 aromatic carbocycles. The molecule has 1 aliphatic rings. The molecule has 3 heterocycles. The molecule has 1 unspecified atom stereocenters. The monoisotopic (exact) mass is 486 g/mol. The molecule has 182 valence electrons. The van der Waals surface area contributed by atoms with Crippen LogP contribution in [0.15, 0.2) is 35.3 Å². The van der Waals surface area contributed by atoms with Crippen molar-refractivity contribution in [3.63, 3.8) is 0 Å². The second kappa shape index (κ2) is 8.57. The van der Waals surface area contributed by atoms with Gasteiger partial charge in [0.2, 0.25) is 0 Å². The van der Waals surface area contributed by atoms with Gasteiger partial charge < -0.3 is 10.1 Å². The standard InChI is InChI=1S/C22H20F6N4O2/c1-11(13-4-3-5-14(18(13)23)19(24)25)29-20-15-9-32(17(33)8-16(15)30-12(2)31-20)21(22(26,27)28)6-7-34-10-21/h3-5,8-9,11,19H,6-7,10H2,1-2H3,(H,29,30,31)/t11-,21?/m0/s1. The Balaban J connectivity index is 1.84. The van der Waals surface area contributed by atoms with Gasteiger partial charge in [0, 0.05) is 30.9 Å². The van der Waals surface area contributed by atoms with Gasteiger partial charge in [-0.2, -0.15) is 13.2 Å². The Bertz CT molecular complexity index is 1280. The second-order valence-electron chi connectivity index (χ2n) is 8.15. The Morgan fingerprint density at radius 3 is 2.53 bits per heavy atom. The largest absolute Gasteiger partial charge is 0.414 e. The molecule has 3 aromatic rings. The van der Waals surface area contributed by atoms with E-state index in [-0.39, 0.29) is 34.7 Å². The van der Waals surface area contributed by atoms with Crippen molar-refractivity contribution in [2.45, 2.75) is 44.5 Å². The third kappa shape index (κ3) is 3.99. The summed E-state index contributed by atoms with van der Waals surface area (Å²) in [6, 6.07) is 3.66. The van der Waals surface area contributed by atoms with Gasteiger partial charge in [-0.3, -0.25) is 9.36 Å². The van der Waals surface area contributed by atoms with Crippen LogP contribution < -0.4 is 10.9 Å². The Labute approximate surface area is 189 Å². The Morgan fingerprint density at radius 2 is 1.91 bits per heavy atom. The molecule has 12 heteroatoms. The van der Waals surface area contributed by atoms with Crippen LogP contribution >= 0.6 is 0 Å². The maximum atomic E-state index is 14.6. The lowest BCUT2D eigenvalue weighted by Gasteiger charge is -2.32. The molecule has 2 aromatic heterocycles. The number of hydrogen-bond donors (Lipinski definition) is 1. The van der Waals surface area contributed by atoms with Crippen LogP contribution in [0.5, 0.6) is 0 Å². The van der Waals surface area contributed by atoms with Crippen molar-refractivity contribution < 1.29 is 31.1 Å². The predicted octanol–water partition coefficient (Wildman–Crippen LogP) is 5.03. The number of rotatable bonds is 5. The molecule has 0 spiro atoms. The fourth-order valence-electron chi connectivity index (χ4n) is 4.12. The molecule has 6 nitrogen and oxygen atoms in total. The molecule has 0 radical (unpaired) electrons. The molecule has 1 N–H and O–H groups in total. The first-order valence-electron chi connectivity index (χ1n) is 10.3. The number of nitrogens with zero attached hydrogens (tertiary/aromatic N) is 3. The summed E-state index contributed by atoms with van der Waals surface area (Å²) in [5.41, 5.74) is -4.22. The first kappa shape index (κ1) is 24.0. The molecular weight excluding hydrogens is 466 g/mol. The molecule has 1 saturated heterocycles. The van der Waals surface area contributed by atoms with Crippen LogP contribution in [0.25, 0.3) is 10.9 Å². The van der Waals surface area contributed by atoms with Crippen LogP contribution in [0.2, 0.25) is 0 Å². The van der Waals surface area contributed by atoms with Crippen LogP contribution in [-0.4, -0.2) is 33.9 Å². The van der Waals surface area contributed by atoms with Gasteiger partial charge in [-0.25, -0.2) is 23.1 Å². The SMILES string of the molecule is Cc1nc(N[C@@H](C)c2cccc(C(F)F)c2F)c2cn(C3(C(F)(F)F)CCOC3)c(=O)cc2n1. The number of fused-ring (bicyclic) bond motifs is 1. The van der Waals surface area contributed by atoms with E-state index in [4.69, 9.17) is 4.74 Å². The van der Waals surface area contributed by atoms with Gasteiger partial charge in [-0.05, 0) is 13.8 Å². The summed E-state index contributed by atoms with van der Waals surface area (Å²) >= 11 is 0. The molecule has 2 atom stereocenters. The number of nitrogens with one attached hydrogen (secondary N) is 1. The molecule has 4 rings (SSSR count). The van der Waals surface area contributed by atoms with E-state index in [1.165, 1.54) is 26.0 Å². The van der Waals surface area contributed by atoms with Crippen molar-refractivity contribution in [2.24, 2.45) is 0 Å². The summed E-state index contributed by atoms with van der Waals surface area (Å²) in [6.07, 6.45) is -7.22. The molecule has 1 aliphatic heterocycles. The van der Waals surface area contributed by atoms with Crippen LogP contribution in [0, 0.1) is 12.7 Å². The molecular formula is C22H20F6N4O2. The summed E-state index contributed by atoms with van der Waals surface area (Å²) in [7, 11) is 0. The zero-order valence-electron chi connectivity index (χ0n) is 18.1. The molecule has 0 bridgehead atoms. The van der Waals surface area contributed by atoms with E-state index in [2.05, 4.69) is 15.3 Å². The Hall–Kier alpha value is -3.15. The van der Waals surface area contributed by atoms with Gasteiger partial charge in [0.05, 0.1) is 29.1 Å². The van der Waals surface area contributed by atoms with Crippen LogP contribution in [0.1, 0.15) is 42.8 Å². The van der Waals surface area contributed by atoms with Crippen LogP contribution in [0.3, 0.4) is 0 Å². The first-order chi connectivity index (χ1) is 15.9. The number of ether oxygens (including phenoxy) is 1. The lowest BCUT2D eigenvalue weighted by atomic mass is 9.97. The van der Waals surface area contributed by atoms with E-state index in [1.54, 1.807) is 0 Å². The molecule has 0 aliphatic carbocycles. The van der Waals surface area contributed by atoms with Crippen LogP contribution in [0.4, 0.5) is 32.2 Å². The number of halogens is 6. The number of alkyl halides is 5. The number of hydrogen-bond acceptors (Lipinski definition) is 5. The normalized spacial score (nSPS) is 19.7. The Morgan fingerprint density at radius 1 is 1.21 bits per heavy atom. The quantitative estimate of drug-likeness (QED) is 0.513. The second-order valence-corrected chi connectivity index (χ2v) is 8.15. The summed E-state index contributed by atoms with van der Waals surface area (Å²) < 4.78 is 88.5. The van der Waals surface area contributed by atoms with Crippen molar-refractivity contribution in [2.75, 3.05) is 18.5 Å². The topological polar surface area (TPSA) is 69.0 Å². The number of anilines is 1. The molecule has 0 amide bonds. The van der Waals surface area contributed by atoms with Crippen molar-refractivity contribution in [1.82, 2.24) is 14.5 Å². The maximum absolute atomic E-state index is 14.6. The minimum atomic E-state index is -4.77. The lowest BCUT2D eigenvalue weighted by molar-refractivity contribution is -0.214. The van der Waals surface area contributed by atoms with Crippen molar-refractivity contribution >= 4 is 16.7 Å². The first-order valence-corrected chi connectivity index (χ1v) is 10.3. The van der Waals surface area contributed by atoms with Crippen molar-refractivity contribution in [1.29, 1.82) is 0 Å². The molecule has 0 saturated carbocycles. The third-order valence-corrected chi connectivity index (χ3v) is 5.95. The summed E-state index contributed by atoms with van der Waals surface area (Å²) in [5, 5.41) is 2.96. The van der Waals surface area contributed by atoms with E-state index in [0.29, 0.717) is 4.57 Å². The fraction of sp³-hybridized carbons (Fsp3) is 0.409. The Kier molecular flexibility index (Phi) is 6.05. The van der Waals surface area contributed by atoms with Gasteiger partial charge in [0.25, 0.3) is 12.0 Å². The van der Waals surface area contributed by atoms with Crippen molar-refractivity contribution in [3.8, 4) is 0 Å². The number of benzene rings is 1. The van der Waals surface area contributed by atoms with E-state index < -0.39 is 54.2 Å². The summed E-state index contributed by atoms with van der Waals surface area (Å²) in [4.78, 5) is 21.0. The fourth-order valence-corrected chi connectivity index (χ4v) is 4.12. The smallest absolute Gasteiger partial charge is 0.379 e. The van der Waals surface area contributed by atoms with Crippen molar-refractivity contribution in [3.05, 3.63) is 63.6 Å². The van der Waals surface area contributed by atoms with Gasteiger partial charge in [-0.15, -0.1) is 0 Å². The van der Waals surface area contributed by atoms with Gasteiger partial charge in [0.1, 0.15) is 17.5 Å².